The maximum absolute atomic E-state index is 10.1. The van der Waals surface area contributed by atoms with Crippen LogP contribution in [0.2, 0.25) is 0 Å². The lowest BCUT2D eigenvalue weighted by Gasteiger charge is -2.55. The number of anilines is 1. The summed E-state index contributed by atoms with van der Waals surface area (Å²) in [5.74, 6) is 2.08. The summed E-state index contributed by atoms with van der Waals surface area (Å²) in [6.45, 7) is 2.14. The molecule has 4 aromatic rings. The molecule has 3 fully saturated rings. The number of likely N-dealkylation sites (N-methyl/N-ethyl adjacent to an activating group) is 1. The molecule has 0 spiro atoms. The SMILES string of the molecule is CN1C2CC1CN(c1ccc(-c3cc(OCCO)cn4ncc(C#N)c34)cn1)C2.COc1ccc(C=O)cn1. The number of aliphatic hydroxyl groups is 1. The van der Waals surface area contributed by atoms with Crippen LogP contribution in [0.15, 0.2) is 55.1 Å². The quantitative estimate of drug-likeness (QED) is 0.358. The number of aromatic nitrogens is 4. The third-order valence-electron chi connectivity index (χ3n) is 7.11. The molecule has 7 heterocycles. The van der Waals surface area contributed by atoms with Crippen LogP contribution in [-0.2, 0) is 0 Å². The predicted octanol–water partition coefficient (Wildman–Crippen LogP) is 2.43. The largest absolute Gasteiger partial charge is 0.490 e. The summed E-state index contributed by atoms with van der Waals surface area (Å²) in [7, 11) is 3.73. The fourth-order valence-corrected chi connectivity index (χ4v) is 4.94. The van der Waals surface area contributed by atoms with Crippen molar-refractivity contribution < 1.29 is 19.4 Å². The molecule has 0 aliphatic carbocycles. The highest BCUT2D eigenvalue weighted by Gasteiger charge is 2.42. The summed E-state index contributed by atoms with van der Waals surface area (Å²) in [4.78, 5) is 23.4. The number of fused-ring (bicyclic) bond motifs is 3. The van der Waals surface area contributed by atoms with Crippen molar-refractivity contribution >= 4 is 17.6 Å². The normalized spacial score (nSPS) is 17.9. The van der Waals surface area contributed by atoms with Gasteiger partial charge < -0.3 is 19.5 Å². The molecule has 200 valence electrons. The number of carbonyl (C=O) groups is 1. The van der Waals surface area contributed by atoms with Crippen LogP contribution in [0.5, 0.6) is 11.6 Å². The average Bonchev–Trinajstić information content (AvgIpc) is 3.43. The number of rotatable bonds is 7. The molecule has 0 saturated carbocycles. The second kappa shape index (κ2) is 11.5. The van der Waals surface area contributed by atoms with Gasteiger partial charge in [0.2, 0.25) is 5.88 Å². The van der Waals surface area contributed by atoms with Crippen molar-refractivity contribution in [1.82, 2.24) is 24.5 Å². The lowest BCUT2D eigenvalue weighted by atomic mass is 9.88. The maximum Gasteiger partial charge on any atom is 0.212 e. The monoisotopic (exact) mass is 527 g/mol. The van der Waals surface area contributed by atoms with Crippen LogP contribution in [0.1, 0.15) is 22.3 Å². The van der Waals surface area contributed by atoms with Gasteiger partial charge in [-0.3, -0.25) is 9.69 Å². The molecule has 2 atom stereocenters. The first kappa shape index (κ1) is 26.1. The van der Waals surface area contributed by atoms with Gasteiger partial charge in [0.25, 0.3) is 0 Å². The molecule has 0 aromatic carbocycles. The number of methoxy groups -OCH3 is 1. The summed E-state index contributed by atoms with van der Waals surface area (Å²) < 4.78 is 12.0. The number of piperazine rings is 1. The minimum atomic E-state index is -0.0703. The number of carbonyl (C=O) groups excluding carboxylic acids is 1. The number of pyridine rings is 3. The maximum atomic E-state index is 10.1. The number of nitriles is 1. The van der Waals surface area contributed by atoms with Gasteiger partial charge in [0.15, 0.2) is 6.29 Å². The molecule has 0 amide bonds. The Morgan fingerprint density at radius 1 is 1.15 bits per heavy atom. The number of hydrogen-bond acceptors (Lipinski definition) is 10. The van der Waals surface area contributed by atoms with Crippen LogP contribution in [-0.4, -0.2) is 88.4 Å². The molecule has 2 unspecified atom stereocenters. The molecule has 2 bridgehead atoms. The fraction of sp³-hybridized carbons (Fsp3) is 0.321. The van der Waals surface area contributed by atoms with Crippen molar-refractivity contribution in [1.29, 1.82) is 5.26 Å². The number of hydrogen-bond donors (Lipinski definition) is 1. The van der Waals surface area contributed by atoms with Crippen LogP contribution in [0.25, 0.3) is 16.6 Å². The van der Waals surface area contributed by atoms with Crippen molar-refractivity contribution in [2.45, 2.75) is 18.5 Å². The van der Waals surface area contributed by atoms with Gasteiger partial charge >= 0.3 is 0 Å². The van der Waals surface area contributed by atoms with Crippen molar-refractivity contribution in [2.75, 3.05) is 45.4 Å². The molecular formula is C28H29N7O4. The van der Waals surface area contributed by atoms with Crippen molar-refractivity contribution in [3.63, 3.8) is 0 Å². The summed E-state index contributed by atoms with van der Waals surface area (Å²) >= 11 is 0. The molecule has 11 nitrogen and oxygen atoms in total. The Hall–Kier alpha value is -4.53. The second-order valence-electron chi connectivity index (χ2n) is 9.40. The second-order valence-corrected chi connectivity index (χ2v) is 9.40. The average molecular weight is 528 g/mol. The molecular weight excluding hydrogens is 498 g/mol. The Labute approximate surface area is 225 Å². The smallest absolute Gasteiger partial charge is 0.212 e. The first-order valence-corrected chi connectivity index (χ1v) is 12.6. The number of aliphatic hydroxyl groups excluding tert-OH is 1. The zero-order valence-electron chi connectivity index (χ0n) is 21.8. The van der Waals surface area contributed by atoms with Crippen LogP contribution >= 0.6 is 0 Å². The molecule has 3 aliphatic heterocycles. The topological polar surface area (TPSA) is 129 Å². The summed E-state index contributed by atoms with van der Waals surface area (Å²) in [6, 6.07) is 12.7. The molecule has 1 N–H and O–H groups in total. The van der Waals surface area contributed by atoms with E-state index < -0.39 is 0 Å². The number of nitrogens with zero attached hydrogens (tertiary/aromatic N) is 7. The van der Waals surface area contributed by atoms with Crippen molar-refractivity contribution in [3.8, 4) is 28.8 Å². The van der Waals surface area contributed by atoms with E-state index >= 15 is 0 Å². The lowest BCUT2D eigenvalue weighted by Crippen LogP contribution is -2.67. The third-order valence-corrected chi connectivity index (χ3v) is 7.11. The molecule has 11 heteroatoms. The van der Waals surface area contributed by atoms with Gasteiger partial charge in [-0.1, -0.05) is 0 Å². The molecule has 39 heavy (non-hydrogen) atoms. The molecule has 3 saturated heterocycles. The highest BCUT2D eigenvalue weighted by molar-refractivity contribution is 5.85. The van der Waals surface area contributed by atoms with Gasteiger partial charge in [-0.05, 0) is 37.7 Å². The van der Waals surface area contributed by atoms with E-state index in [-0.39, 0.29) is 13.2 Å². The predicted molar refractivity (Wildman–Crippen MR) is 144 cm³/mol. The first-order valence-electron chi connectivity index (χ1n) is 12.6. The van der Waals surface area contributed by atoms with Crippen LogP contribution in [0, 0.1) is 11.3 Å². The number of piperidine rings is 1. The van der Waals surface area contributed by atoms with Gasteiger partial charge in [0.05, 0.1) is 37.2 Å². The molecule has 3 aliphatic rings. The number of ether oxygens (including phenoxy) is 2. The van der Waals surface area contributed by atoms with E-state index in [2.05, 4.69) is 33.0 Å². The van der Waals surface area contributed by atoms with Gasteiger partial charge in [0, 0.05) is 60.3 Å². The van der Waals surface area contributed by atoms with E-state index in [9.17, 15) is 10.1 Å². The van der Waals surface area contributed by atoms with Crippen LogP contribution in [0.3, 0.4) is 0 Å². The Balaban J connectivity index is 0.000000261. The van der Waals surface area contributed by atoms with Gasteiger partial charge in [-0.2, -0.15) is 10.4 Å². The van der Waals surface area contributed by atoms with Crippen molar-refractivity contribution in [2.24, 2.45) is 0 Å². The minimum Gasteiger partial charge on any atom is -0.490 e. The van der Waals surface area contributed by atoms with E-state index in [1.165, 1.54) is 19.7 Å². The summed E-state index contributed by atoms with van der Waals surface area (Å²) in [5.41, 5.74) is 3.50. The zero-order valence-corrected chi connectivity index (χ0v) is 21.8. The number of aldehydes is 1. The molecule has 0 radical (unpaired) electrons. The standard InChI is InChI=1S/C21H22N6O2.C7H7NO2/c1-25-16-6-17(25)12-26(11-16)20-3-2-14(9-23-20)19-7-18(29-5-4-28)13-27-21(19)15(8-22)10-24-27;1-10-7-3-2-6(5-9)4-8-7/h2-3,7,9-10,13,16-17,28H,4-6,11-12H2,1H3;2-5H,1H3. The Morgan fingerprint density at radius 2 is 1.97 bits per heavy atom. The van der Waals surface area contributed by atoms with E-state index in [1.54, 1.807) is 29.0 Å². The van der Waals surface area contributed by atoms with Crippen molar-refractivity contribution in [3.05, 3.63) is 66.2 Å². The zero-order chi connectivity index (χ0) is 27.4. The minimum absolute atomic E-state index is 0.0703. The summed E-state index contributed by atoms with van der Waals surface area (Å²) in [6.07, 6.45) is 8.60. The van der Waals surface area contributed by atoms with Gasteiger partial charge in [0.1, 0.15) is 24.2 Å². The van der Waals surface area contributed by atoms with E-state index in [0.717, 1.165) is 41.8 Å². The molecule has 7 rings (SSSR count). The third kappa shape index (κ3) is 5.38. The van der Waals surface area contributed by atoms with E-state index in [0.29, 0.717) is 34.8 Å². The first-order chi connectivity index (χ1) is 19.0. The fourth-order valence-electron chi connectivity index (χ4n) is 4.94. The lowest BCUT2D eigenvalue weighted by molar-refractivity contribution is 0.0261. The molecule has 4 aromatic heterocycles. The van der Waals surface area contributed by atoms with E-state index in [1.807, 2.05) is 24.4 Å². The Kier molecular flexibility index (Phi) is 7.67. The van der Waals surface area contributed by atoms with Gasteiger partial charge in [-0.15, -0.1) is 0 Å². The highest BCUT2D eigenvalue weighted by Crippen LogP contribution is 2.34. The van der Waals surface area contributed by atoms with Crippen LogP contribution < -0.4 is 14.4 Å². The summed E-state index contributed by atoms with van der Waals surface area (Å²) in [5, 5.41) is 22.8. The van der Waals surface area contributed by atoms with E-state index in [4.69, 9.17) is 19.6 Å². The Morgan fingerprint density at radius 3 is 2.56 bits per heavy atom. The van der Waals surface area contributed by atoms with Crippen LogP contribution in [0.4, 0.5) is 5.82 Å². The van der Waals surface area contributed by atoms with Gasteiger partial charge in [-0.25, -0.2) is 14.5 Å². The highest BCUT2D eigenvalue weighted by atomic mass is 16.5. The Bertz CT molecular complexity index is 1470.